The molecule has 3 N–H and O–H groups in total. The van der Waals surface area contributed by atoms with Crippen LogP contribution in [0.4, 0.5) is 5.69 Å². The zero-order chi connectivity index (χ0) is 13.9. The molecule has 0 fully saturated rings. The number of pyridine rings is 1. The van der Waals surface area contributed by atoms with Gasteiger partial charge in [-0.05, 0) is 33.8 Å². The number of thiocarbonyl (C=S) groups is 1. The Bertz CT molecular complexity index is 446. The normalized spacial score (nSPS) is 10.8. The fourth-order valence-electron chi connectivity index (χ4n) is 2.10. The van der Waals surface area contributed by atoms with Crippen molar-refractivity contribution in [3.05, 3.63) is 23.0 Å². The van der Waals surface area contributed by atoms with Crippen molar-refractivity contribution in [2.75, 3.05) is 18.1 Å². The third-order valence-electron chi connectivity index (χ3n) is 2.83. The number of hydrogen-bond donors (Lipinski definition) is 2. The molecule has 1 aromatic heterocycles. The fraction of sp³-hybridized carbons (Fsp3) is 0.538. The lowest BCUT2D eigenvalue weighted by Crippen LogP contribution is -2.35. The number of aromatic nitrogens is 1. The van der Waals surface area contributed by atoms with Gasteiger partial charge in [-0.3, -0.25) is 4.98 Å². The van der Waals surface area contributed by atoms with Crippen molar-refractivity contribution in [2.45, 2.75) is 33.7 Å². The maximum absolute atomic E-state index is 9.19. The number of nitrogens with two attached hydrogens (primary N) is 1. The molecule has 0 aromatic carbocycles. The van der Waals surface area contributed by atoms with E-state index in [0.29, 0.717) is 11.5 Å². The molecule has 100 valence electrons. The number of rotatable bonds is 5. The van der Waals surface area contributed by atoms with Crippen LogP contribution < -0.4 is 10.6 Å². The molecule has 18 heavy (non-hydrogen) atoms. The highest BCUT2D eigenvalue weighted by atomic mass is 32.1. The highest BCUT2D eigenvalue weighted by Gasteiger charge is 2.18. The molecular formula is C13H21N3OS. The molecule has 0 bridgehead atoms. The molecule has 0 radical (unpaired) electrons. The molecule has 1 heterocycles. The smallest absolute Gasteiger partial charge is 0.107 e. The number of hydrogen-bond acceptors (Lipinski definition) is 4. The van der Waals surface area contributed by atoms with Crippen molar-refractivity contribution in [3.8, 4) is 0 Å². The molecule has 0 aliphatic carbocycles. The van der Waals surface area contributed by atoms with Crippen LogP contribution in [0.1, 0.15) is 30.8 Å². The molecule has 0 saturated carbocycles. The minimum absolute atomic E-state index is 0.0926. The van der Waals surface area contributed by atoms with E-state index in [4.69, 9.17) is 18.0 Å². The van der Waals surface area contributed by atoms with Crippen molar-refractivity contribution in [2.24, 2.45) is 5.73 Å². The van der Waals surface area contributed by atoms with Crippen molar-refractivity contribution in [1.29, 1.82) is 0 Å². The van der Waals surface area contributed by atoms with Crippen LogP contribution in [0.3, 0.4) is 0 Å². The summed E-state index contributed by atoms with van der Waals surface area (Å²) >= 11 is 5.12. The largest absolute Gasteiger partial charge is 0.395 e. The van der Waals surface area contributed by atoms with Gasteiger partial charge in [0.25, 0.3) is 0 Å². The Morgan fingerprint density at radius 3 is 2.56 bits per heavy atom. The van der Waals surface area contributed by atoms with Gasteiger partial charge in [0, 0.05) is 24.0 Å². The van der Waals surface area contributed by atoms with Crippen LogP contribution in [-0.4, -0.2) is 34.3 Å². The third-order valence-corrected chi connectivity index (χ3v) is 3.03. The predicted octanol–water partition coefficient (Wildman–Crippen LogP) is 1.54. The Morgan fingerprint density at radius 2 is 2.11 bits per heavy atom. The zero-order valence-electron chi connectivity index (χ0n) is 11.4. The van der Waals surface area contributed by atoms with E-state index in [-0.39, 0.29) is 12.6 Å². The minimum atomic E-state index is 0.0926. The average Bonchev–Trinajstić information content (AvgIpc) is 2.23. The third kappa shape index (κ3) is 3.17. The summed E-state index contributed by atoms with van der Waals surface area (Å²) in [5, 5.41) is 9.19. The first-order chi connectivity index (χ1) is 8.38. The maximum Gasteiger partial charge on any atom is 0.107 e. The molecule has 0 unspecified atom stereocenters. The minimum Gasteiger partial charge on any atom is -0.395 e. The predicted molar refractivity (Wildman–Crippen MR) is 79.2 cm³/mol. The summed E-state index contributed by atoms with van der Waals surface area (Å²) in [5.41, 5.74) is 9.32. The second-order valence-corrected chi connectivity index (χ2v) is 5.06. The van der Waals surface area contributed by atoms with Gasteiger partial charge in [-0.25, -0.2) is 0 Å². The lowest BCUT2D eigenvalue weighted by Gasteiger charge is -2.30. The summed E-state index contributed by atoms with van der Waals surface area (Å²) in [5.74, 6) is 0. The van der Waals surface area contributed by atoms with Gasteiger partial charge in [-0.15, -0.1) is 0 Å². The monoisotopic (exact) mass is 267 g/mol. The Balaban J connectivity index is 3.39. The number of aliphatic hydroxyl groups is 1. The van der Waals surface area contributed by atoms with Gasteiger partial charge >= 0.3 is 0 Å². The number of aryl methyl sites for hydroxylation is 2. The van der Waals surface area contributed by atoms with Crippen LogP contribution in [0.15, 0.2) is 6.07 Å². The molecule has 0 aliphatic rings. The maximum atomic E-state index is 9.19. The molecule has 5 heteroatoms. The molecular weight excluding hydrogens is 246 g/mol. The summed E-state index contributed by atoms with van der Waals surface area (Å²) in [6.07, 6.45) is 0. The summed E-state index contributed by atoms with van der Waals surface area (Å²) in [7, 11) is 0. The SMILES string of the molecule is Cc1cc(N(CCO)C(C)C)c(C(N)=S)c(C)n1. The molecule has 0 saturated heterocycles. The molecule has 1 aromatic rings. The molecule has 0 amide bonds. The van der Waals surface area contributed by atoms with Crippen LogP contribution in [0.5, 0.6) is 0 Å². The Morgan fingerprint density at radius 1 is 1.50 bits per heavy atom. The number of nitrogens with zero attached hydrogens (tertiary/aromatic N) is 2. The first kappa shape index (κ1) is 14.9. The van der Waals surface area contributed by atoms with Gasteiger partial charge in [0.15, 0.2) is 0 Å². The van der Waals surface area contributed by atoms with E-state index < -0.39 is 0 Å². The summed E-state index contributed by atoms with van der Waals surface area (Å²) in [4.78, 5) is 6.84. The van der Waals surface area contributed by atoms with Gasteiger partial charge in [0.1, 0.15) is 4.99 Å². The van der Waals surface area contributed by atoms with Crippen molar-refractivity contribution < 1.29 is 5.11 Å². The van der Waals surface area contributed by atoms with Crippen LogP contribution in [0, 0.1) is 13.8 Å². The van der Waals surface area contributed by atoms with E-state index in [9.17, 15) is 5.11 Å². The molecule has 0 aliphatic heterocycles. The fourth-order valence-corrected chi connectivity index (χ4v) is 2.36. The number of aliphatic hydroxyl groups excluding tert-OH is 1. The first-order valence-electron chi connectivity index (χ1n) is 6.04. The standard InChI is InChI=1S/C13H21N3OS/c1-8(2)16(5-6-17)11-7-9(3)15-10(4)12(11)13(14)18/h7-8,17H,5-6H2,1-4H3,(H2,14,18). The van der Waals surface area contributed by atoms with Crippen LogP contribution in [0.2, 0.25) is 0 Å². The van der Waals surface area contributed by atoms with Crippen LogP contribution >= 0.6 is 12.2 Å². The van der Waals surface area contributed by atoms with E-state index in [1.165, 1.54) is 0 Å². The molecule has 1 rings (SSSR count). The van der Waals surface area contributed by atoms with E-state index in [2.05, 4.69) is 23.7 Å². The van der Waals surface area contributed by atoms with Crippen LogP contribution in [0.25, 0.3) is 0 Å². The molecule has 0 spiro atoms. The topological polar surface area (TPSA) is 62.4 Å². The average molecular weight is 267 g/mol. The summed E-state index contributed by atoms with van der Waals surface area (Å²) in [6.45, 7) is 8.64. The lowest BCUT2D eigenvalue weighted by atomic mass is 10.1. The van der Waals surface area contributed by atoms with E-state index in [0.717, 1.165) is 22.6 Å². The van der Waals surface area contributed by atoms with Gasteiger partial charge in [-0.2, -0.15) is 0 Å². The summed E-state index contributed by atoms with van der Waals surface area (Å²) in [6, 6.07) is 2.23. The van der Waals surface area contributed by atoms with Crippen molar-refractivity contribution >= 4 is 22.9 Å². The Labute approximate surface area is 114 Å². The van der Waals surface area contributed by atoms with E-state index in [1.807, 2.05) is 19.9 Å². The van der Waals surface area contributed by atoms with E-state index >= 15 is 0 Å². The molecule has 4 nitrogen and oxygen atoms in total. The van der Waals surface area contributed by atoms with E-state index in [1.54, 1.807) is 0 Å². The van der Waals surface area contributed by atoms with Gasteiger partial charge in [0.2, 0.25) is 0 Å². The second kappa shape index (κ2) is 6.11. The van der Waals surface area contributed by atoms with Crippen molar-refractivity contribution in [1.82, 2.24) is 4.98 Å². The van der Waals surface area contributed by atoms with Crippen LogP contribution in [-0.2, 0) is 0 Å². The number of anilines is 1. The van der Waals surface area contributed by atoms with Gasteiger partial charge in [0.05, 0.1) is 17.9 Å². The lowest BCUT2D eigenvalue weighted by molar-refractivity contribution is 0.299. The Kier molecular flexibility index (Phi) is 5.04. The van der Waals surface area contributed by atoms with Gasteiger partial charge < -0.3 is 15.7 Å². The Hall–Kier alpha value is -1.20. The zero-order valence-corrected chi connectivity index (χ0v) is 12.2. The quantitative estimate of drug-likeness (QED) is 0.792. The highest BCUT2D eigenvalue weighted by molar-refractivity contribution is 7.80. The molecule has 0 atom stereocenters. The summed E-state index contributed by atoms with van der Waals surface area (Å²) < 4.78 is 0. The highest BCUT2D eigenvalue weighted by Crippen LogP contribution is 2.25. The first-order valence-corrected chi connectivity index (χ1v) is 6.44. The van der Waals surface area contributed by atoms with Gasteiger partial charge in [-0.1, -0.05) is 12.2 Å². The second-order valence-electron chi connectivity index (χ2n) is 4.62. The van der Waals surface area contributed by atoms with Crippen molar-refractivity contribution in [3.63, 3.8) is 0 Å².